The number of aliphatic hydroxyl groups excluding tert-OH is 2. The number of hydrogen-bond donors (Lipinski definition) is 2. The number of pyridine rings is 2. The van der Waals surface area contributed by atoms with Crippen LogP contribution in [0.25, 0.3) is 0 Å². The van der Waals surface area contributed by atoms with Crippen LogP contribution in [0.2, 0.25) is 0 Å². The molecule has 2 unspecified atom stereocenters. The van der Waals surface area contributed by atoms with Crippen molar-refractivity contribution in [2.24, 2.45) is 0 Å². The highest BCUT2D eigenvalue weighted by Gasteiger charge is 2.24. The van der Waals surface area contributed by atoms with Crippen molar-refractivity contribution in [3.05, 3.63) is 71.0 Å². The molecule has 0 saturated heterocycles. The Morgan fingerprint density at radius 2 is 1.45 bits per heavy atom. The quantitative estimate of drug-likeness (QED) is 0.363. The number of benzene rings is 1. The molecule has 2 atom stereocenters. The van der Waals surface area contributed by atoms with Crippen LogP contribution in [-0.2, 0) is 12.8 Å². The second-order valence-corrected chi connectivity index (χ2v) is 9.51. The molecule has 206 valence electrons. The van der Waals surface area contributed by atoms with Crippen LogP contribution in [0.4, 0.5) is 0 Å². The van der Waals surface area contributed by atoms with Gasteiger partial charge in [-0.2, -0.15) is 0 Å². The minimum absolute atomic E-state index is 0.451. The maximum absolute atomic E-state index is 9.93. The number of rotatable bonds is 6. The Kier molecular flexibility index (Phi) is 11.8. The summed E-state index contributed by atoms with van der Waals surface area (Å²) in [5, 5.41) is 19.8. The lowest BCUT2D eigenvalue weighted by Gasteiger charge is -2.22. The van der Waals surface area contributed by atoms with Gasteiger partial charge in [0, 0.05) is 17.7 Å². The van der Waals surface area contributed by atoms with Gasteiger partial charge in [-0.3, -0.25) is 0 Å². The Morgan fingerprint density at radius 3 is 2.08 bits per heavy atom. The standard InChI is InChI=1S/C15H15NO2.C11H15NO3.C5H12/c17-13-8-4-5-11-9-10-14(16-15(11)13)18-12-6-2-1-3-7-12;1-14-9-6-10(15-2)12-11-7(9)4-3-5-8(11)13;1-3-5-4-2/h1-3,6-7,9-10,13,17H,4-5,8H2;6,8,13H,3-5H2,1-2H3;3-5H2,1-2H3. The van der Waals surface area contributed by atoms with Crippen LogP contribution in [0.1, 0.15) is 93.5 Å². The van der Waals surface area contributed by atoms with E-state index in [4.69, 9.17) is 14.2 Å². The smallest absolute Gasteiger partial charge is 0.219 e. The van der Waals surface area contributed by atoms with Crippen LogP contribution in [-0.4, -0.2) is 34.4 Å². The number of para-hydroxylation sites is 1. The highest BCUT2D eigenvalue weighted by atomic mass is 16.5. The topological polar surface area (TPSA) is 93.9 Å². The maximum Gasteiger partial charge on any atom is 0.219 e. The molecule has 7 nitrogen and oxygen atoms in total. The van der Waals surface area contributed by atoms with Crippen LogP contribution >= 0.6 is 0 Å². The van der Waals surface area contributed by atoms with Gasteiger partial charge in [-0.15, -0.1) is 0 Å². The number of aryl methyl sites for hydroxylation is 1. The zero-order chi connectivity index (χ0) is 27.3. The Bertz CT molecular complexity index is 1120. The first-order valence-electron chi connectivity index (χ1n) is 13.7. The summed E-state index contributed by atoms with van der Waals surface area (Å²) in [6.45, 7) is 4.42. The predicted octanol–water partition coefficient (Wildman–Crippen LogP) is 6.91. The monoisotopic (exact) mass is 522 g/mol. The molecule has 0 radical (unpaired) electrons. The van der Waals surface area contributed by atoms with E-state index >= 15 is 0 Å². The molecule has 7 heteroatoms. The maximum atomic E-state index is 9.93. The molecule has 2 aliphatic carbocycles. The van der Waals surface area contributed by atoms with Crippen molar-refractivity contribution in [2.45, 2.75) is 83.8 Å². The fourth-order valence-corrected chi connectivity index (χ4v) is 4.59. The molecule has 2 heterocycles. The van der Waals surface area contributed by atoms with E-state index in [1.807, 2.05) is 42.5 Å². The molecule has 0 fully saturated rings. The highest BCUT2D eigenvalue weighted by molar-refractivity contribution is 5.42. The third kappa shape index (κ3) is 8.17. The molecule has 2 aliphatic rings. The molecule has 0 saturated carbocycles. The molecule has 0 amide bonds. The second-order valence-electron chi connectivity index (χ2n) is 9.51. The number of methoxy groups -OCH3 is 2. The summed E-state index contributed by atoms with van der Waals surface area (Å²) >= 11 is 0. The SMILES string of the molecule is CCCCC.COc1cc(OC)c2c(n1)C(O)CCC2.OC1CCCc2ccc(Oc3ccccc3)nc21. The van der Waals surface area contributed by atoms with Crippen LogP contribution in [0.5, 0.6) is 23.3 Å². The first kappa shape index (κ1) is 29.4. The van der Waals surface area contributed by atoms with Crippen molar-refractivity contribution >= 4 is 0 Å². The van der Waals surface area contributed by atoms with Gasteiger partial charge >= 0.3 is 0 Å². The molecule has 2 N–H and O–H groups in total. The molecule has 0 bridgehead atoms. The van der Waals surface area contributed by atoms with Gasteiger partial charge < -0.3 is 24.4 Å². The third-order valence-electron chi connectivity index (χ3n) is 6.64. The van der Waals surface area contributed by atoms with Crippen molar-refractivity contribution in [1.82, 2.24) is 9.97 Å². The van der Waals surface area contributed by atoms with Gasteiger partial charge in [0.15, 0.2) is 0 Å². The van der Waals surface area contributed by atoms with Gasteiger partial charge in [-0.25, -0.2) is 9.97 Å². The summed E-state index contributed by atoms with van der Waals surface area (Å²) in [5.74, 6) is 2.55. The zero-order valence-corrected chi connectivity index (χ0v) is 23.2. The Labute approximate surface area is 226 Å². The number of nitrogens with zero attached hydrogens (tertiary/aromatic N) is 2. The zero-order valence-electron chi connectivity index (χ0n) is 23.2. The van der Waals surface area contributed by atoms with E-state index in [1.54, 1.807) is 20.3 Å². The fraction of sp³-hybridized carbons (Fsp3) is 0.484. The van der Waals surface area contributed by atoms with Crippen molar-refractivity contribution < 1.29 is 24.4 Å². The molecule has 5 rings (SSSR count). The minimum atomic E-state index is -0.488. The summed E-state index contributed by atoms with van der Waals surface area (Å²) in [7, 11) is 3.18. The Morgan fingerprint density at radius 1 is 0.789 bits per heavy atom. The molecule has 2 aromatic heterocycles. The van der Waals surface area contributed by atoms with Gasteiger partial charge in [-0.05, 0) is 56.2 Å². The number of fused-ring (bicyclic) bond motifs is 2. The average molecular weight is 523 g/mol. The van der Waals surface area contributed by atoms with E-state index in [0.717, 1.165) is 66.8 Å². The summed E-state index contributed by atoms with van der Waals surface area (Å²) in [4.78, 5) is 8.69. The van der Waals surface area contributed by atoms with E-state index in [9.17, 15) is 10.2 Å². The molecule has 38 heavy (non-hydrogen) atoms. The molecule has 0 spiro atoms. The van der Waals surface area contributed by atoms with E-state index in [0.29, 0.717) is 17.5 Å². The van der Waals surface area contributed by atoms with Gasteiger partial charge in [0.25, 0.3) is 0 Å². The predicted molar refractivity (Wildman–Crippen MR) is 149 cm³/mol. The van der Waals surface area contributed by atoms with Crippen molar-refractivity contribution in [3.8, 4) is 23.3 Å². The van der Waals surface area contributed by atoms with E-state index in [1.165, 1.54) is 19.3 Å². The molecule has 0 aliphatic heterocycles. The van der Waals surface area contributed by atoms with Crippen molar-refractivity contribution in [1.29, 1.82) is 0 Å². The number of ether oxygens (including phenoxy) is 3. The molecular weight excluding hydrogens is 480 g/mol. The summed E-state index contributed by atoms with van der Waals surface area (Å²) in [6.07, 6.45) is 8.58. The van der Waals surface area contributed by atoms with Crippen LogP contribution in [0.3, 0.4) is 0 Å². The average Bonchev–Trinajstić information content (AvgIpc) is 2.95. The number of hydrogen-bond acceptors (Lipinski definition) is 7. The number of unbranched alkanes of at least 4 members (excludes halogenated alkanes) is 2. The summed E-state index contributed by atoms with van der Waals surface area (Å²) in [5.41, 5.74) is 3.62. The first-order chi connectivity index (χ1) is 18.5. The largest absolute Gasteiger partial charge is 0.496 e. The van der Waals surface area contributed by atoms with Gasteiger partial charge in [0.1, 0.15) is 11.5 Å². The first-order valence-corrected chi connectivity index (χ1v) is 13.7. The molecule has 1 aromatic carbocycles. The Hall–Kier alpha value is -3.16. The lowest BCUT2D eigenvalue weighted by molar-refractivity contribution is 0.149. The van der Waals surface area contributed by atoms with Gasteiger partial charge in [-0.1, -0.05) is 57.4 Å². The third-order valence-corrected chi connectivity index (χ3v) is 6.64. The Balaban J connectivity index is 0.000000182. The normalized spacial score (nSPS) is 17.4. The molecule has 3 aromatic rings. The summed E-state index contributed by atoms with van der Waals surface area (Å²) in [6, 6.07) is 15.2. The number of aliphatic hydroxyl groups is 2. The van der Waals surface area contributed by atoms with Crippen LogP contribution in [0, 0.1) is 0 Å². The van der Waals surface area contributed by atoms with Crippen LogP contribution in [0.15, 0.2) is 48.5 Å². The van der Waals surface area contributed by atoms with E-state index in [-0.39, 0.29) is 0 Å². The van der Waals surface area contributed by atoms with Crippen molar-refractivity contribution in [3.63, 3.8) is 0 Å². The lowest BCUT2D eigenvalue weighted by Crippen LogP contribution is -2.13. The summed E-state index contributed by atoms with van der Waals surface area (Å²) < 4.78 is 16.0. The van der Waals surface area contributed by atoms with Gasteiger partial charge in [0.2, 0.25) is 11.8 Å². The fourth-order valence-electron chi connectivity index (χ4n) is 4.59. The second kappa shape index (κ2) is 15.3. The van der Waals surface area contributed by atoms with Crippen molar-refractivity contribution in [2.75, 3.05) is 14.2 Å². The molecular formula is C31H42N2O5. The number of aromatic nitrogens is 2. The lowest BCUT2D eigenvalue weighted by atomic mass is 9.93. The highest BCUT2D eigenvalue weighted by Crippen LogP contribution is 2.36. The van der Waals surface area contributed by atoms with Gasteiger partial charge in [0.05, 0.1) is 37.8 Å². The minimum Gasteiger partial charge on any atom is -0.496 e. The van der Waals surface area contributed by atoms with E-state index in [2.05, 4.69) is 23.8 Å². The van der Waals surface area contributed by atoms with Crippen LogP contribution < -0.4 is 14.2 Å². The van der Waals surface area contributed by atoms with E-state index < -0.39 is 12.2 Å².